The monoisotopic (exact) mass is 298 g/mol. The molecule has 0 radical (unpaired) electrons. The van der Waals surface area contributed by atoms with Crippen molar-refractivity contribution in [2.75, 3.05) is 18.4 Å². The lowest BCUT2D eigenvalue weighted by atomic mass is 10.4. The van der Waals surface area contributed by atoms with Crippen LogP contribution in [0, 0.1) is 0 Å². The van der Waals surface area contributed by atoms with Gasteiger partial charge in [-0.2, -0.15) is 8.42 Å². The Morgan fingerprint density at radius 2 is 2.25 bits per heavy atom. The number of ether oxygens (including phenoxy) is 1. The molecule has 0 amide bonds. The predicted molar refractivity (Wildman–Crippen MR) is 72.0 cm³/mol. The summed E-state index contributed by atoms with van der Waals surface area (Å²) >= 11 is 0. The van der Waals surface area contributed by atoms with Gasteiger partial charge in [-0.1, -0.05) is 0 Å². The summed E-state index contributed by atoms with van der Waals surface area (Å²) in [6.45, 7) is 0.700. The number of pyridine rings is 1. The van der Waals surface area contributed by atoms with Crippen molar-refractivity contribution in [3.63, 3.8) is 0 Å². The number of H-pyrrole nitrogens is 1. The van der Waals surface area contributed by atoms with Gasteiger partial charge in [-0.15, -0.1) is 0 Å². The van der Waals surface area contributed by atoms with Gasteiger partial charge < -0.3 is 14.3 Å². The second kappa shape index (κ2) is 5.88. The van der Waals surface area contributed by atoms with Crippen LogP contribution in [-0.4, -0.2) is 36.7 Å². The van der Waals surface area contributed by atoms with Crippen LogP contribution in [-0.2, 0) is 21.3 Å². The molecule has 0 saturated carbocycles. The van der Waals surface area contributed by atoms with E-state index in [2.05, 4.69) is 14.7 Å². The van der Waals surface area contributed by atoms with E-state index in [9.17, 15) is 13.2 Å². The lowest BCUT2D eigenvalue weighted by molar-refractivity contribution is 0.186. The minimum absolute atomic E-state index is 0.0489. The van der Waals surface area contributed by atoms with Crippen molar-refractivity contribution in [3.8, 4) is 0 Å². The molecule has 0 fully saturated rings. The van der Waals surface area contributed by atoms with Crippen LogP contribution < -0.4 is 10.3 Å². The van der Waals surface area contributed by atoms with Gasteiger partial charge in [-0.3, -0.25) is 9.52 Å². The number of imidazole rings is 1. The lowest BCUT2D eigenvalue weighted by Gasteiger charge is -2.09. The zero-order valence-corrected chi connectivity index (χ0v) is 11.6. The molecule has 2 heterocycles. The highest BCUT2D eigenvalue weighted by atomic mass is 32.2. The minimum atomic E-state index is -3.73. The first kappa shape index (κ1) is 14.3. The normalized spacial score (nSPS) is 11.4. The van der Waals surface area contributed by atoms with E-state index in [0.29, 0.717) is 13.2 Å². The second-order valence-electron chi connectivity index (χ2n) is 3.96. The minimum Gasteiger partial charge on any atom is -0.383 e. The molecule has 20 heavy (non-hydrogen) atoms. The molecule has 0 saturated heterocycles. The third-order valence-electron chi connectivity index (χ3n) is 2.53. The van der Waals surface area contributed by atoms with E-state index in [0.717, 1.165) is 0 Å². The highest BCUT2D eigenvalue weighted by Crippen LogP contribution is 2.11. The van der Waals surface area contributed by atoms with Crippen molar-refractivity contribution >= 4 is 15.7 Å². The molecular formula is C11H14N4O4S. The van der Waals surface area contributed by atoms with Crippen molar-refractivity contribution in [2.45, 2.75) is 11.6 Å². The van der Waals surface area contributed by atoms with Gasteiger partial charge >= 0.3 is 0 Å². The van der Waals surface area contributed by atoms with Crippen molar-refractivity contribution in [1.29, 1.82) is 0 Å². The molecule has 108 valence electrons. The maximum absolute atomic E-state index is 12.0. The highest BCUT2D eigenvalue weighted by molar-refractivity contribution is 7.92. The number of aromatic nitrogens is 3. The quantitative estimate of drug-likeness (QED) is 0.782. The van der Waals surface area contributed by atoms with Gasteiger partial charge in [-0.05, 0) is 6.07 Å². The largest absolute Gasteiger partial charge is 0.383 e. The predicted octanol–water partition coefficient (Wildman–Crippen LogP) is 0.0186. The Hall–Kier alpha value is -2.13. The fourth-order valence-corrected chi connectivity index (χ4v) is 2.50. The molecule has 0 aliphatic carbocycles. The first-order valence-electron chi connectivity index (χ1n) is 5.73. The van der Waals surface area contributed by atoms with Gasteiger partial charge in [0.15, 0.2) is 5.03 Å². The molecular weight excluding hydrogens is 284 g/mol. The SMILES string of the molecule is COCCn1cc(NS(=O)(=O)c2cnc[nH]2)ccc1=O. The second-order valence-corrected chi connectivity index (χ2v) is 5.61. The van der Waals surface area contributed by atoms with Crippen molar-refractivity contribution in [2.24, 2.45) is 0 Å². The number of sulfonamides is 1. The molecule has 2 aromatic heterocycles. The zero-order chi connectivity index (χ0) is 14.6. The number of hydrogen-bond donors (Lipinski definition) is 2. The summed E-state index contributed by atoms with van der Waals surface area (Å²) in [6, 6.07) is 2.69. The number of aromatic amines is 1. The molecule has 0 bridgehead atoms. The summed E-state index contributed by atoms with van der Waals surface area (Å²) in [5, 5.41) is -0.0489. The first-order chi connectivity index (χ1) is 9.53. The van der Waals surface area contributed by atoms with Crippen LogP contribution in [0.25, 0.3) is 0 Å². The van der Waals surface area contributed by atoms with Crippen LogP contribution in [0.2, 0.25) is 0 Å². The third-order valence-corrected chi connectivity index (χ3v) is 3.84. The summed E-state index contributed by atoms with van der Waals surface area (Å²) in [5.41, 5.74) is 0.0573. The maximum Gasteiger partial charge on any atom is 0.279 e. The number of methoxy groups -OCH3 is 1. The molecule has 2 N–H and O–H groups in total. The van der Waals surface area contributed by atoms with Crippen LogP contribution in [0.1, 0.15) is 0 Å². The number of nitrogens with one attached hydrogen (secondary N) is 2. The Morgan fingerprint density at radius 3 is 2.90 bits per heavy atom. The first-order valence-corrected chi connectivity index (χ1v) is 7.22. The van der Waals surface area contributed by atoms with E-state index >= 15 is 0 Å². The van der Waals surface area contributed by atoms with Crippen LogP contribution >= 0.6 is 0 Å². The summed E-state index contributed by atoms with van der Waals surface area (Å²) in [6.07, 6.45) is 3.90. The zero-order valence-electron chi connectivity index (χ0n) is 10.7. The fraction of sp³-hybridized carbons (Fsp3) is 0.273. The Bertz CT molecular complexity index is 721. The summed E-state index contributed by atoms with van der Waals surface area (Å²) in [4.78, 5) is 17.7. The van der Waals surface area contributed by atoms with E-state index in [4.69, 9.17) is 4.74 Å². The number of nitrogens with zero attached hydrogens (tertiary/aromatic N) is 2. The van der Waals surface area contributed by atoms with Crippen molar-refractivity contribution in [1.82, 2.24) is 14.5 Å². The van der Waals surface area contributed by atoms with Crippen LogP contribution in [0.15, 0.2) is 40.7 Å². The van der Waals surface area contributed by atoms with E-state index in [1.54, 1.807) is 0 Å². The Labute approximate surface area is 115 Å². The van der Waals surface area contributed by atoms with Crippen molar-refractivity contribution < 1.29 is 13.2 Å². The van der Waals surface area contributed by atoms with E-state index in [1.165, 1.54) is 42.5 Å². The number of anilines is 1. The Morgan fingerprint density at radius 1 is 1.45 bits per heavy atom. The van der Waals surface area contributed by atoms with Gasteiger partial charge in [0.25, 0.3) is 15.6 Å². The number of hydrogen-bond acceptors (Lipinski definition) is 5. The molecule has 2 aromatic rings. The van der Waals surface area contributed by atoms with E-state index < -0.39 is 10.0 Å². The van der Waals surface area contributed by atoms with Gasteiger partial charge in [0.2, 0.25) is 0 Å². The summed E-state index contributed by atoms with van der Waals surface area (Å²) < 4.78 is 32.6. The molecule has 0 aliphatic heterocycles. The average Bonchev–Trinajstić information content (AvgIpc) is 2.94. The average molecular weight is 298 g/mol. The maximum atomic E-state index is 12.0. The molecule has 0 aliphatic rings. The summed E-state index contributed by atoms with van der Waals surface area (Å²) in [7, 11) is -2.21. The third kappa shape index (κ3) is 3.25. The molecule has 0 spiro atoms. The smallest absolute Gasteiger partial charge is 0.279 e. The highest BCUT2D eigenvalue weighted by Gasteiger charge is 2.15. The molecule has 0 unspecified atom stereocenters. The standard InChI is InChI=1S/C11H14N4O4S/c1-19-5-4-15-7-9(2-3-11(15)16)14-20(17,18)10-6-12-8-13-10/h2-3,6-8,14H,4-5H2,1H3,(H,12,13). The molecule has 2 rings (SSSR count). The van der Waals surface area contributed by atoms with Gasteiger partial charge in [0.05, 0.1) is 24.8 Å². The van der Waals surface area contributed by atoms with Crippen LogP contribution in [0.5, 0.6) is 0 Å². The van der Waals surface area contributed by atoms with Crippen molar-refractivity contribution in [3.05, 3.63) is 41.2 Å². The fourth-order valence-electron chi connectivity index (χ4n) is 1.56. The van der Waals surface area contributed by atoms with E-state index in [1.807, 2.05) is 0 Å². The topological polar surface area (TPSA) is 106 Å². The lowest BCUT2D eigenvalue weighted by Crippen LogP contribution is -2.22. The molecule has 0 atom stereocenters. The van der Waals surface area contributed by atoms with E-state index in [-0.39, 0.29) is 16.3 Å². The number of rotatable bonds is 6. The van der Waals surface area contributed by atoms with Crippen LogP contribution in [0.3, 0.4) is 0 Å². The van der Waals surface area contributed by atoms with Gasteiger partial charge in [0.1, 0.15) is 0 Å². The molecule has 9 heteroatoms. The Kier molecular flexibility index (Phi) is 4.20. The van der Waals surface area contributed by atoms with Gasteiger partial charge in [0, 0.05) is 25.9 Å². The van der Waals surface area contributed by atoms with Gasteiger partial charge in [-0.25, -0.2) is 4.98 Å². The molecule has 8 nitrogen and oxygen atoms in total. The summed E-state index contributed by atoms with van der Waals surface area (Å²) in [5.74, 6) is 0. The molecule has 0 aromatic carbocycles. The Balaban J connectivity index is 2.24. The van der Waals surface area contributed by atoms with Crippen LogP contribution in [0.4, 0.5) is 5.69 Å².